The van der Waals surface area contributed by atoms with Gasteiger partial charge in [0.2, 0.25) is 5.91 Å². The van der Waals surface area contributed by atoms with Crippen molar-refractivity contribution in [1.29, 1.82) is 0 Å². The molecule has 1 fully saturated rings. The number of amides is 1. The topological polar surface area (TPSA) is 139 Å². The van der Waals surface area contributed by atoms with Gasteiger partial charge in [0.05, 0.1) is 29.0 Å². The third kappa shape index (κ3) is 3.48. The van der Waals surface area contributed by atoms with Crippen molar-refractivity contribution < 1.29 is 9.90 Å². The number of H-pyrrole nitrogens is 1. The summed E-state index contributed by atoms with van der Waals surface area (Å²) < 4.78 is 1.80. The molecule has 1 aliphatic heterocycles. The van der Waals surface area contributed by atoms with E-state index in [-0.39, 0.29) is 11.7 Å². The molecule has 0 aliphatic carbocycles. The first-order valence-corrected chi connectivity index (χ1v) is 10.3. The number of para-hydroxylation sites is 2. The number of nitrogens with one attached hydrogen (secondary N) is 1. The van der Waals surface area contributed by atoms with Crippen molar-refractivity contribution in [3.63, 3.8) is 0 Å². The first-order valence-electron chi connectivity index (χ1n) is 10.3. The van der Waals surface area contributed by atoms with Gasteiger partial charge in [-0.15, -0.1) is 0 Å². The monoisotopic (exact) mass is 420 g/mol. The van der Waals surface area contributed by atoms with Crippen molar-refractivity contribution >= 4 is 33.9 Å². The molecule has 4 heterocycles. The highest BCUT2D eigenvalue weighted by atomic mass is 16.3. The average molecular weight is 420 g/mol. The zero-order valence-electron chi connectivity index (χ0n) is 17.2. The Balaban J connectivity index is 1.33. The molecule has 0 bridgehead atoms. The number of aryl methyl sites for hydroxylation is 1. The number of imidazole rings is 2. The lowest BCUT2D eigenvalue weighted by molar-refractivity contribution is -0.137. The van der Waals surface area contributed by atoms with Crippen LogP contribution in [0, 0.1) is 0 Å². The number of aromatic amines is 1. The lowest BCUT2D eigenvalue weighted by Crippen LogP contribution is -2.52. The van der Waals surface area contributed by atoms with Crippen LogP contribution < -0.4 is 5.73 Å². The number of nitrogen functional groups attached to an aromatic ring is 1. The number of nitrogens with zero attached hydrogens (tertiary/aromatic N) is 6. The first-order chi connectivity index (χ1) is 14.9. The minimum atomic E-state index is -1.01. The molecule has 160 valence electrons. The predicted molar refractivity (Wildman–Crippen MR) is 115 cm³/mol. The summed E-state index contributed by atoms with van der Waals surface area (Å²) in [5.41, 5.74) is 7.79. The van der Waals surface area contributed by atoms with Crippen molar-refractivity contribution in [3.8, 4) is 0 Å². The smallest absolute Gasteiger partial charge is 0.223 e. The van der Waals surface area contributed by atoms with E-state index in [2.05, 4.69) is 24.9 Å². The number of fused-ring (bicyclic) bond motifs is 2. The van der Waals surface area contributed by atoms with E-state index in [1.807, 2.05) is 24.3 Å². The van der Waals surface area contributed by atoms with Crippen molar-refractivity contribution in [2.24, 2.45) is 0 Å². The number of hydrogen-bond donors (Lipinski definition) is 3. The van der Waals surface area contributed by atoms with Gasteiger partial charge in [-0.1, -0.05) is 12.1 Å². The number of carbonyl (C=O) groups is 1. The van der Waals surface area contributed by atoms with E-state index < -0.39 is 11.6 Å². The molecule has 3 aromatic heterocycles. The van der Waals surface area contributed by atoms with Gasteiger partial charge in [0.1, 0.15) is 17.7 Å². The zero-order valence-corrected chi connectivity index (χ0v) is 17.2. The SMILES string of the molecule is C[C@@]1(O)CCN(C(=O)CCc2nc3ccccc3[nH]2)C[C@H]1n1cnc2c(N)ncnc21. The van der Waals surface area contributed by atoms with Crippen molar-refractivity contribution in [2.45, 2.75) is 37.8 Å². The predicted octanol–water partition coefficient (Wildman–Crippen LogP) is 1.44. The summed E-state index contributed by atoms with van der Waals surface area (Å²) in [7, 11) is 0. The van der Waals surface area contributed by atoms with Gasteiger partial charge in [0.25, 0.3) is 0 Å². The largest absolute Gasteiger partial charge is 0.388 e. The molecule has 10 nitrogen and oxygen atoms in total. The fourth-order valence-electron chi connectivity index (χ4n) is 4.24. The lowest BCUT2D eigenvalue weighted by Gasteiger charge is -2.43. The van der Waals surface area contributed by atoms with Gasteiger partial charge in [-0.05, 0) is 25.5 Å². The Labute approximate surface area is 178 Å². The third-order valence-electron chi connectivity index (χ3n) is 6.09. The highest BCUT2D eigenvalue weighted by Gasteiger charge is 2.41. The second-order valence-electron chi connectivity index (χ2n) is 8.25. The molecule has 4 N–H and O–H groups in total. The Morgan fingerprint density at radius 1 is 1.32 bits per heavy atom. The second kappa shape index (κ2) is 7.31. The van der Waals surface area contributed by atoms with E-state index in [1.54, 1.807) is 22.7 Å². The van der Waals surface area contributed by atoms with E-state index in [9.17, 15) is 9.90 Å². The summed E-state index contributed by atoms with van der Waals surface area (Å²) in [5.74, 6) is 1.11. The average Bonchev–Trinajstić information content (AvgIpc) is 3.36. The van der Waals surface area contributed by atoms with Gasteiger partial charge in [-0.25, -0.2) is 19.9 Å². The second-order valence-corrected chi connectivity index (χ2v) is 8.25. The van der Waals surface area contributed by atoms with Crippen LogP contribution in [-0.4, -0.2) is 64.1 Å². The molecule has 0 unspecified atom stereocenters. The molecule has 31 heavy (non-hydrogen) atoms. The highest BCUT2D eigenvalue weighted by Crippen LogP contribution is 2.34. The summed E-state index contributed by atoms with van der Waals surface area (Å²) in [6.07, 6.45) is 4.31. The van der Waals surface area contributed by atoms with Gasteiger partial charge in [0, 0.05) is 25.9 Å². The Morgan fingerprint density at radius 3 is 3.00 bits per heavy atom. The lowest BCUT2D eigenvalue weighted by atomic mass is 9.88. The van der Waals surface area contributed by atoms with E-state index >= 15 is 0 Å². The Kier molecular flexibility index (Phi) is 4.58. The summed E-state index contributed by atoms with van der Waals surface area (Å²) in [4.78, 5) is 35.1. The van der Waals surface area contributed by atoms with Crippen molar-refractivity contribution in [1.82, 2.24) is 34.4 Å². The molecule has 1 aromatic carbocycles. The maximum absolute atomic E-state index is 13.0. The zero-order chi connectivity index (χ0) is 21.6. The maximum atomic E-state index is 13.0. The third-order valence-corrected chi connectivity index (χ3v) is 6.09. The molecule has 4 aromatic rings. The van der Waals surface area contributed by atoms with E-state index in [0.717, 1.165) is 16.9 Å². The Bertz CT molecular complexity index is 1230. The van der Waals surface area contributed by atoms with E-state index in [1.165, 1.54) is 6.33 Å². The van der Waals surface area contributed by atoms with Crippen molar-refractivity contribution in [3.05, 3.63) is 42.7 Å². The van der Waals surface area contributed by atoms with Gasteiger partial charge >= 0.3 is 0 Å². The summed E-state index contributed by atoms with van der Waals surface area (Å²) >= 11 is 0. The van der Waals surface area contributed by atoms with Crippen LogP contribution in [0.4, 0.5) is 5.82 Å². The standard InChI is InChI=1S/C21H24N8O2/c1-21(31)8-9-28(10-15(21)29-12-25-18-19(22)23-11-24-20(18)29)17(30)7-6-16-26-13-4-2-3-5-14(13)27-16/h2-5,11-12,15,31H,6-10H2,1H3,(H,26,27)(H2,22,23,24)/t15-,21-/m1/s1. The molecular formula is C21H24N8O2. The fraction of sp³-hybridized carbons (Fsp3) is 0.381. The van der Waals surface area contributed by atoms with Gasteiger partial charge in [-0.2, -0.15) is 0 Å². The van der Waals surface area contributed by atoms with Gasteiger partial charge in [0.15, 0.2) is 11.5 Å². The molecule has 1 saturated heterocycles. The molecule has 2 atom stereocenters. The van der Waals surface area contributed by atoms with Crippen LogP contribution in [0.2, 0.25) is 0 Å². The van der Waals surface area contributed by atoms with Gasteiger partial charge < -0.3 is 25.3 Å². The number of anilines is 1. The number of benzene rings is 1. The molecule has 0 spiro atoms. The number of piperidine rings is 1. The molecule has 5 rings (SSSR count). The van der Waals surface area contributed by atoms with Crippen LogP contribution in [0.15, 0.2) is 36.9 Å². The number of rotatable bonds is 4. The van der Waals surface area contributed by atoms with Crippen LogP contribution in [0.25, 0.3) is 22.2 Å². The normalized spacial score (nSPS) is 21.7. The van der Waals surface area contributed by atoms with Crippen LogP contribution in [0.5, 0.6) is 0 Å². The van der Waals surface area contributed by atoms with Crippen molar-refractivity contribution in [2.75, 3.05) is 18.8 Å². The number of aliphatic hydroxyl groups is 1. The highest BCUT2D eigenvalue weighted by molar-refractivity contribution is 5.81. The van der Waals surface area contributed by atoms with E-state index in [4.69, 9.17) is 5.73 Å². The number of likely N-dealkylation sites (tertiary alicyclic amines) is 1. The molecular weight excluding hydrogens is 396 g/mol. The molecule has 0 saturated carbocycles. The summed E-state index contributed by atoms with van der Waals surface area (Å²) in [6, 6.07) is 7.41. The van der Waals surface area contributed by atoms with Crippen LogP contribution in [0.1, 0.15) is 31.6 Å². The fourth-order valence-corrected chi connectivity index (χ4v) is 4.24. The van der Waals surface area contributed by atoms with Crippen LogP contribution >= 0.6 is 0 Å². The number of hydrogen-bond acceptors (Lipinski definition) is 7. The first kappa shape index (κ1) is 19.4. The van der Waals surface area contributed by atoms with E-state index in [0.29, 0.717) is 43.5 Å². The minimum Gasteiger partial charge on any atom is -0.388 e. The van der Waals surface area contributed by atoms with Gasteiger partial charge in [-0.3, -0.25) is 4.79 Å². The summed E-state index contributed by atoms with van der Waals surface area (Å²) in [5, 5.41) is 11.0. The maximum Gasteiger partial charge on any atom is 0.223 e. The quantitative estimate of drug-likeness (QED) is 0.454. The minimum absolute atomic E-state index is 0.0273. The number of nitrogens with two attached hydrogens (primary N) is 1. The molecule has 1 aliphatic rings. The van der Waals surface area contributed by atoms with Crippen LogP contribution in [0.3, 0.4) is 0 Å². The molecule has 0 radical (unpaired) electrons. The Morgan fingerprint density at radius 2 is 2.16 bits per heavy atom. The number of carbonyl (C=O) groups excluding carboxylic acids is 1. The van der Waals surface area contributed by atoms with Crippen LogP contribution in [-0.2, 0) is 11.2 Å². The Hall–Kier alpha value is -3.53. The molecule has 1 amide bonds. The number of aromatic nitrogens is 6. The summed E-state index contributed by atoms with van der Waals surface area (Å²) in [6.45, 7) is 2.64. The molecule has 10 heteroatoms.